The maximum absolute atomic E-state index is 12.2. The summed E-state index contributed by atoms with van der Waals surface area (Å²) in [5, 5.41) is 0. The van der Waals surface area contributed by atoms with E-state index in [-0.39, 0.29) is 35.2 Å². The summed E-state index contributed by atoms with van der Waals surface area (Å²) in [6.07, 6.45) is 10.8. The molecule has 4 heteroatoms. The molecule has 0 aromatic carbocycles. The van der Waals surface area contributed by atoms with Crippen molar-refractivity contribution in [1.29, 1.82) is 0 Å². The van der Waals surface area contributed by atoms with Crippen LogP contribution in [0.25, 0.3) is 0 Å². The number of rotatable bonds is 3. The molecular weight excluding hydrogens is 292 g/mol. The van der Waals surface area contributed by atoms with E-state index in [4.69, 9.17) is 9.47 Å². The molecular formula is C19H23O4. The second-order valence-corrected chi connectivity index (χ2v) is 9.39. The zero-order valence-electron chi connectivity index (χ0n) is 13.3. The Bertz CT molecular complexity index is 563. The van der Waals surface area contributed by atoms with Crippen molar-refractivity contribution in [3.05, 3.63) is 6.42 Å². The maximum atomic E-state index is 12.2. The van der Waals surface area contributed by atoms with Gasteiger partial charge in [-0.3, -0.25) is 9.59 Å². The summed E-state index contributed by atoms with van der Waals surface area (Å²) in [7, 11) is 0. The van der Waals surface area contributed by atoms with E-state index in [1.807, 2.05) is 0 Å². The molecule has 7 fully saturated rings. The zero-order valence-corrected chi connectivity index (χ0v) is 13.3. The van der Waals surface area contributed by atoms with Crippen LogP contribution >= 0.6 is 0 Å². The minimum Gasteiger partial charge on any atom is -0.461 e. The largest absolute Gasteiger partial charge is 0.461 e. The van der Waals surface area contributed by atoms with Gasteiger partial charge in [-0.05, 0) is 68.1 Å². The van der Waals surface area contributed by atoms with Gasteiger partial charge in [0, 0.05) is 18.3 Å². The minimum atomic E-state index is -0.528. The third-order valence-electron chi connectivity index (χ3n) is 8.29. The number of fused-ring (bicyclic) bond motifs is 1. The SMILES string of the molecule is O=COC12[CH]C3C(=O)OC(C3C1)C2C12CC3CC(CC(C3)C1)C2. The van der Waals surface area contributed by atoms with E-state index in [9.17, 15) is 9.59 Å². The van der Waals surface area contributed by atoms with Crippen molar-refractivity contribution in [3.8, 4) is 0 Å². The first kappa shape index (κ1) is 13.3. The lowest BCUT2D eigenvalue weighted by molar-refractivity contribution is -0.178. The van der Waals surface area contributed by atoms with Gasteiger partial charge in [-0.15, -0.1) is 0 Å². The summed E-state index contributed by atoms with van der Waals surface area (Å²) in [4.78, 5) is 23.5. The monoisotopic (exact) mass is 315 g/mol. The topological polar surface area (TPSA) is 52.6 Å². The minimum absolute atomic E-state index is 0.00583. The smallest absolute Gasteiger partial charge is 0.310 e. The van der Waals surface area contributed by atoms with Crippen molar-refractivity contribution >= 4 is 12.4 Å². The summed E-state index contributed by atoms with van der Waals surface area (Å²) in [5.41, 5.74) is -0.289. The van der Waals surface area contributed by atoms with Crippen LogP contribution in [0.2, 0.25) is 0 Å². The fourth-order valence-electron chi connectivity index (χ4n) is 8.35. The number of ether oxygens (including phenoxy) is 2. The van der Waals surface area contributed by atoms with Crippen LogP contribution in [0.15, 0.2) is 0 Å². The molecule has 0 spiro atoms. The Morgan fingerprint density at radius 3 is 2.35 bits per heavy atom. The molecule has 6 saturated carbocycles. The van der Waals surface area contributed by atoms with Crippen LogP contribution in [0.4, 0.5) is 0 Å². The number of esters is 1. The zero-order chi connectivity index (χ0) is 15.4. The number of hydrogen-bond donors (Lipinski definition) is 0. The Kier molecular flexibility index (Phi) is 2.27. The summed E-state index contributed by atoms with van der Waals surface area (Å²) in [5.74, 6) is 2.79. The van der Waals surface area contributed by atoms with E-state index in [1.54, 1.807) is 0 Å². The predicted molar refractivity (Wildman–Crippen MR) is 79.8 cm³/mol. The average molecular weight is 315 g/mol. The van der Waals surface area contributed by atoms with Crippen molar-refractivity contribution in [1.82, 2.24) is 0 Å². The number of carbonyl (C=O) groups excluding carboxylic acids is 2. The molecule has 23 heavy (non-hydrogen) atoms. The van der Waals surface area contributed by atoms with E-state index in [2.05, 4.69) is 6.42 Å². The Labute approximate surface area is 136 Å². The Morgan fingerprint density at radius 1 is 1.09 bits per heavy atom. The van der Waals surface area contributed by atoms with Crippen LogP contribution in [-0.4, -0.2) is 24.1 Å². The third kappa shape index (κ3) is 1.45. The van der Waals surface area contributed by atoms with E-state index >= 15 is 0 Å². The van der Waals surface area contributed by atoms with Gasteiger partial charge in [-0.2, -0.15) is 0 Å². The van der Waals surface area contributed by atoms with E-state index in [1.165, 1.54) is 38.5 Å². The van der Waals surface area contributed by atoms with E-state index in [0.29, 0.717) is 6.47 Å². The lowest BCUT2D eigenvalue weighted by Crippen LogP contribution is -2.58. The highest BCUT2D eigenvalue weighted by atomic mass is 16.6. The lowest BCUT2D eigenvalue weighted by atomic mass is 9.44. The molecule has 7 rings (SSSR count). The predicted octanol–water partition coefficient (Wildman–Crippen LogP) is 2.51. The van der Waals surface area contributed by atoms with Crippen molar-refractivity contribution in [2.75, 3.05) is 0 Å². The molecule has 0 amide bonds. The molecule has 123 valence electrons. The van der Waals surface area contributed by atoms with Crippen molar-refractivity contribution in [2.45, 2.75) is 56.7 Å². The molecule has 4 nitrogen and oxygen atoms in total. The molecule has 0 aromatic rings. The summed E-state index contributed by atoms with van der Waals surface area (Å²) in [6, 6.07) is 0. The van der Waals surface area contributed by atoms with E-state index in [0.717, 1.165) is 24.2 Å². The first-order valence-corrected chi connectivity index (χ1v) is 9.30. The molecule has 5 unspecified atom stereocenters. The fourth-order valence-corrected chi connectivity index (χ4v) is 8.35. The van der Waals surface area contributed by atoms with E-state index < -0.39 is 5.60 Å². The lowest BCUT2D eigenvalue weighted by Gasteiger charge is -2.61. The quantitative estimate of drug-likeness (QED) is 0.593. The van der Waals surface area contributed by atoms with Crippen LogP contribution in [-0.2, 0) is 19.1 Å². The number of hydrogen-bond acceptors (Lipinski definition) is 4. The summed E-state index contributed by atoms with van der Waals surface area (Å²) >= 11 is 0. The highest BCUT2D eigenvalue weighted by Crippen LogP contribution is 2.72. The Balaban J connectivity index is 1.45. The Morgan fingerprint density at radius 2 is 1.74 bits per heavy atom. The fraction of sp³-hybridized carbons (Fsp3) is 0.842. The van der Waals surface area contributed by atoms with Gasteiger partial charge in [0.25, 0.3) is 6.47 Å². The van der Waals surface area contributed by atoms with Gasteiger partial charge >= 0.3 is 5.97 Å². The summed E-state index contributed by atoms with van der Waals surface area (Å²) < 4.78 is 11.6. The van der Waals surface area contributed by atoms with Crippen LogP contribution in [0.5, 0.6) is 0 Å². The molecule has 0 aromatic heterocycles. The van der Waals surface area contributed by atoms with Crippen molar-refractivity contribution in [2.24, 2.45) is 40.9 Å². The Hall–Kier alpha value is -1.06. The van der Waals surface area contributed by atoms with Gasteiger partial charge < -0.3 is 9.47 Å². The second kappa shape index (κ2) is 3.94. The first-order chi connectivity index (χ1) is 11.1. The highest BCUT2D eigenvalue weighted by molar-refractivity contribution is 5.79. The van der Waals surface area contributed by atoms with Gasteiger partial charge in [0.1, 0.15) is 11.7 Å². The standard InChI is InChI=1S/C19H23O4/c20-9-22-19-7-13-14(8-19)17(21)23-15(13)16(19)18-4-10-1-11(5-18)3-12(2-10)6-18/h8-16H,1-7H2. The van der Waals surface area contributed by atoms with Gasteiger partial charge in [0.05, 0.1) is 5.92 Å². The molecule has 1 heterocycles. The van der Waals surface area contributed by atoms with Crippen molar-refractivity contribution in [3.63, 3.8) is 0 Å². The molecule has 1 saturated heterocycles. The van der Waals surface area contributed by atoms with Crippen LogP contribution in [0.3, 0.4) is 0 Å². The average Bonchev–Trinajstić information content (AvgIpc) is 3.04. The maximum Gasteiger partial charge on any atom is 0.310 e. The molecule has 6 aliphatic carbocycles. The normalized spacial score (nSPS) is 61.0. The molecule has 6 bridgehead atoms. The first-order valence-electron chi connectivity index (χ1n) is 9.30. The van der Waals surface area contributed by atoms with Gasteiger partial charge in [-0.1, -0.05) is 0 Å². The van der Waals surface area contributed by atoms with Gasteiger partial charge in [0.15, 0.2) is 0 Å². The third-order valence-corrected chi connectivity index (χ3v) is 8.29. The van der Waals surface area contributed by atoms with Crippen LogP contribution in [0, 0.1) is 47.3 Å². The van der Waals surface area contributed by atoms with Crippen LogP contribution in [0.1, 0.15) is 44.9 Å². The molecule has 5 atom stereocenters. The number of carbonyl (C=O) groups is 2. The molecule has 1 radical (unpaired) electrons. The highest BCUT2D eigenvalue weighted by Gasteiger charge is 2.75. The molecule has 0 N–H and O–H groups in total. The van der Waals surface area contributed by atoms with Crippen LogP contribution < -0.4 is 0 Å². The summed E-state index contributed by atoms with van der Waals surface area (Å²) in [6.45, 7) is 0.613. The second-order valence-electron chi connectivity index (χ2n) is 9.39. The van der Waals surface area contributed by atoms with Crippen molar-refractivity contribution < 1.29 is 19.1 Å². The molecule has 1 aliphatic heterocycles. The van der Waals surface area contributed by atoms with Gasteiger partial charge in [-0.25, -0.2) is 0 Å². The van der Waals surface area contributed by atoms with Gasteiger partial charge in [0.2, 0.25) is 0 Å². The molecule has 7 aliphatic rings.